The smallest absolute Gasteiger partial charge is 0.103 e. The predicted octanol–water partition coefficient (Wildman–Crippen LogP) is 4.92. The Hall–Kier alpha value is -2.38. The number of rotatable bonds is 2. The summed E-state index contributed by atoms with van der Waals surface area (Å²) in [4.78, 5) is 4.32. The number of hydrogen-bond acceptors (Lipinski definition) is 3. The van der Waals surface area contributed by atoms with Crippen LogP contribution in [0.15, 0.2) is 53.1 Å². The van der Waals surface area contributed by atoms with E-state index in [0.29, 0.717) is 5.56 Å². The molecule has 0 atom stereocenters. The molecule has 3 rings (SSSR count). The molecular formula is C17H12BrN3. The zero-order valence-electron chi connectivity index (χ0n) is 11.4. The van der Waals surface area contributed by atoms with E-state index in [1.54, 1.807) is 6.20 Å². The third kappa shape index (κ3) is 2.48. The van der Waals surface area contributed by atoms with Crippen LogP contribution in [0.25, 0.3) is 10.9 Å². The van der Waals surface area contributed by atoms with Gasteiger partial charge < -0.3 is 5.32 Å². The van der Waals surface area contributed by atoms with Crippen LogP contribution in [0.2, 0.25) is 0 Å². The maximum absolute atomic E-state index is 9.34. The van der Waals surface area contributed by atoms with Gasteiger partial charge in [0.25, 0.3) is 0 Å². The first-order valence-electron chi connectivity index (χ1n) is 6.50. The lowest BCUT2D eigenvalue weighted by molar-refractivity contribution is 1.35. The van der Waals surface area contributed by atoms with Gasteiger partial charge in [-0.1, -0.05) is 40.2 Å². The minimum atomic E-state index is 0.535. The summed E-state index contributed by atoms with van der Waals surface area (Å²) in [5, 5.41) is 13.7. The molecule has 2 aromatic carbocycles. The zero-order chi connectivity index (χ0) is 14.8. The molecule has 21 heavy (non-hydrogen) atoms. The third-order valence-electron chi connectivity index (χ3n) is 3.42. The summed E-state index contributed by atoms with van der Waals surface area (Å²) >= 11 is 3.53. The van der Waals surface area contributed by atoms with E-state index in [1.807, 2.05) is 49.4 Å². The molecule has 0 aliphatic rings. The topological polar surface area (TPSA) is 48.7 Å². The van der Waals surface area contributed by atoms with Crippen LogP contribution in [0, 0.1) is 18.3 Å². The lowest BCUT2D eigenvalue weighted by atomic mass is 10.1. The van der Waals surface area contributed by atoms with Crippen molar-refractivity contribution in [2.45, 2.75) is 6.92 Å². The maximum atomic E-state index is 9.34. The Balaban J connectivity index is 2.20. The summed E-state index contributed by atoms with van der Waals surface area (Å²) in [7, 11) is 0. The number of halogens is 1. The number of anilines is 2. The lowest BCUT2D eigenvalue weighted by Gasteiger charge is -2.14. The molecule has 3 nitrogen and oxygen atoms in total. The lowest BCUT2D eigenvalue weighted by Crippen LogP contribution is -1.98. The Kier molecular flexibility index (Phi) is 3.59. The van der Waals surface area contributed by atoms with Crippen LogP contribution in [0.1, 0.15) is 11.1 Å². The second kappa shape index (κ2) is 5.55. The summed E-state index contributed by atoms with van der Waals surface area (Å²) in [6.07, 6.45) is 1.61. The number of nitriles is 1. The number of pyridine rings is 1. The Morgan fingerprint density at radius 3 is 2.76 bits per heavy atom. The molecule has 0 fully saturated rings. The van der Waals surface area contributed by atoms with Gasteiger partial charge in [0.05, 0.1) is 16.8 Å². The number of nitrogens with zero attached hydrogens (tertiary/aromatic N) is 2. The van der Waals surface area contributed by atoms with Crippen LogP contribution in [-0.2, 0) is 0 Å². The fourth-order valence-corrected chi connectivity index (χ4v) is 2.60. The summed E-state index contributed by atoms with van der Waals surface area (Å²) in [5.74, 6) is 0. The summed E-state index contributed by atoms with van der Waals surface area (Å²) in [6.45, 7) is 2.03. The fraction of sp³-hybridized carbons (Fsp3) is 0.0588. The first-order chi connectivity index (χ1) is 10.2. The Bertz CT molecular complexity index is 866. The highest BCUT2D eigenvalue weighted by Gasteiger charge is 2.10. The summed E-state index contributed by atoms with van der Waals surface area (Å²) in [6, 6.07) is 16.0. The molecular weight excluding hydrogens is 326 g/mol. The molecule has 0 aliphatic carbocycles. The number of nitrogens with one attached hydrogen (secondary N) is 1. The van der Waals surface area contributed by atoms with Crippen molar-refractivity contribution in [1.82, 2.24) is 4.98 Å². The van der Waals surface area contributed by atoms with Crippen LogP contribution in [-0.4, -0.2) is 4.98 Å². The molecule has 0 saturated heterocycles. The van der Waals surface area contributed by atoms with Crippen molar-refractivity contribution in [3.05, 3.63) is 64.3 Å². The van der Waals surface area contributed by atoms with Gasteiger partial charge >= 0.3 is 0 Å². The highest BCUT2D eigenvalue weighted by molar-refractivity contribution is 9.10. The Morgan fingerprint density at radius 1 is 1.14 bits per heavy atom. The average Bonchev–Trinajstić information content (AvgIpc) is 2.52. The van der Waals surface area contributed by atoms with Gasteiger partial charge in [-0.3, -0.25) is 4.98 Å². The van der Waals surface area contributed by atoms with Gasteiger partial charge in [0.1, 0.15) is 6.07 Å². The van der Waals surface area contributed by atoms with E-state index < -0.39 is 0 Å². The van der Waals surface area contributed by atoms with Crippen molar-refractivity contribution < 1.29 is 0 Å². The van der Waals surface area contributed by atoms with Crippen molar-refractivity contribution in [3.8, 4) is 6.07 Å². The number of aromatic nitrogens is 1. The molecule has 4 heteroatoms. The molecule has 1 aromatic heterocycles. The highest BCUT2D eigenvalue weighted by Crippen LogP contribution is 2.31. The molecule has 0 saturated carbocycles. The molecule has 0 amide bonds. The van der Waals surface area contributed by atoms with Gasteiger partial charge in [-0.25, -0.2) is 0 Å². The van der Waals surface area contributed by atoms with E-state index in [0.717, 1.165) is 32.3 Å². The van der Waals surface area contributed by atoms with E-state index in [9.17, 15) is 5.26 Å². The van der Waals surface area contributed by atoms with Crippen LogP contribution >= 0.6 is 15.9 Å². The van der Waals surface area contributed by atoms with Crippen molar-refractivity contribution in [2.75, 3.05) is 5.32 Å². The van der Waals surface area contributed by atoms with Gasteiger partial charge in [0, 0.05) is 21.7 Å². The van der Waals surface area contributed by atoms with Crippen molar-refractivity contribution >= 4 is 38.2 Å². The molecule has 0 bridgehead atoms. The van der Waals surface area contributed by atoms with Crippen molar-refractivity contribution in [1.29, 1.82) is 5.26 Å². The molecule has 0 aliphatic heterocycles. The summed E-state index contributed by atoms with van der Waals surface area (Å²) < 4.78 is 1.03. The molecule has 0 spiro atoms. The minimum absolute atomic E-state index is 0.535. The third-order valence-corrected chi connectivity index (χ3v) is 4.28. The number of hydrogen-bond donors (Lipinski definition) is 1. The van der Waals surface area contributed by atoms with Gasteiger partial charge in [-0.15, -0.1) is 0 Å². The molecule has 102 valence electrons. The monoisotopic (exact) mass is 337 g/mol. The van der Waals surface area contributed by atoms with Crippen LogP contribution < -0.4 is 5.32 Å². The highest BCUT2D eigenvalue weighted by atomic mass is 79.9. The van der Waals surface area contributed by atoms with E-state index >= 15 is 0 Å². The number of para-hydroxylation sites is 1. The molecule has 0 unspecified atom stereocenters. The Morgan fingerprint density at radius 2 is 1.95 bits per heavy atom. The maximum Gasteiger partial charge on any atom is 0.103 e. The SMILES string of the molecule is Cc1c(Br)cccc1Nc1c(C#N)cnc2ccccc12. The fourth-order valence-electron chi connectivity index (χ4n) is 2.24. The van der Waals surface area contributed by atoms with Crippen LogP contribution in [0.3, 0.4) is 0 Å². The van der Waals surface area contributed by atoms with Crippen LogP contribution in [0.5, 0.6) is 0 Å². The van der Waals surface area contributed by atoms with E-state index in [1.165, 1.54) is 0 Å². The first-order valence-corrected chi connectivity index (χ1v) is 7.30. The van der Waals surface area contributed by atoms with Crippen molar-refractivity contribution in [2.24, 2.45) is 0 Å². The number of benzene rings is 2. The van der Waals surface area contributed by atoms with Crippen LogP contribution in [0.4, 0.5) is 11.4 Å². The average molecular weight is 338 g/mol. The molecule has 0 radical (unpaired) electrons. The zero-order valence-corrected chi connectivity index (χ0v) is 13.0. The minimum Gasteiger partial charge on any atom is -0.354 e. The summed E-state index contributed by atoms with van der Waals surface area (Å²) in [5.41, 5.74) is 4.27. The second-order valence-electron chi connectivity index (χ2n) is 4.71. The predicted molar refractivity (Wildman–Crippen MR) is 88.6 cm³/mol. The first kappa shape index (κ1) is 13.6. The van der Waals surface area contributed by atoms with Crippen molar-refractivity contribution in [3.63, 3.8) is 0 Å². The largest absolute Gasteiger partial charge is 0.354 e. The van der Waals surface area contributed by atoms with E-state index in [4.69, 9.17) is 0 Å². The molecule has 3 aromatic rings. The molecule has 1 N–H and O–H groups in total. The van der Waals surface area contributed by atoms with Gasteiger partial charge in [0.2, 0.25) is 0 Å². The number of fused-ring (bicyclic) bond motifs is 1. The Labute approximate surface area is 131 Å². The van der Waals surface area contributed by atoms with Gasteiger partial charge in [0.15, 0.2) is 0 Å². The van der Waals surface area contributed by atoms with E-state index in [2.05, 4.69) is 32.3 Å². The van der Waals surface area contributed by atoms with E-state index in [-0.39, 0.29) is 0 Å². The molecule has 1 heterocycles. The normalized spacial score (nSPS) is 10.3. The van der Waals surface area contributed by atoms with Gasteiger partial charge in [-0.05, 0) is 30.7 Å². The standard InChI is InChI=1S/C17H12BrN3/c1-11-14(18)6-4-8-15(11)21-17-12(9-19)10-20-16-7-3-2-5-13(16)17/h2-8,10H,1H3,(H,20,21). The quantitative estimate of drug-likeness (QED) is 0.721. The van der Waals surface area contributed by atoms with Gasteiger partial charge in [-0.2, -0.15) is 5.26 Å². The second-order valence-corrected chi connectivity index (χ2v) is 5.57.